The van der Waals surface area contributed by atoms with Crippen LogP contribution in [0.25, 0.3) is 0 Å². The predicted octanol–water partition coefficient (Wildman–Crippen LogP) is 10.6. The predicted molar refractivity (Wildman–Crippen MR) is 365 cm³/mol. The third-order valence-electron chi connectivity index (χ3n) is 19.1. The van der Waals surface area contributed by atoms with E-state index in [4.69, 9.17) is 42.2 Å². The first-order chi connectivity index (χ1) is 46.8. The van der Waals surface area contributed by atoms with E-state index in [1.54, 1.807) is 0 Å². The van der Waals surface area contributed by atoms with Gasteiger partial charge in [0.25, 0.3) is 0 Å². The zero-order chi connectivity index (χ0) is 71.1. The van der Waals surface area contributed by atoms with Gasteiger partial charge in [0, 0.05) is 19.3 Å². The molecule has 25 heteroatoms. The fourth-order valence-corrected chi connectivity index (χ4v) is 13.8. The van der Waals surface area contributed by atoms with Crippen molar-refractivity contribution in [2.45, 2.75) is 414 Å². The summed E-state index contributed by atoms with van der Waals surface area (Å²) in [7, 11) is -5.69. The van der Waals surface area contributed by atoms with Gasteiger partial charge in [0.1, 0.15) is 98.7 Å². The van der Waals surface area contributed by atoms with Crippen LogP contribution in [0.5, 0.6) is 0 Å². The van der Waals surface area contributed by atoms with E-state index in [9.17, 15) is 74.9 Å². The van der Waals surface area contributed by atoms with Crippen LogP contribution in [0.1, 0.15) is 310 Å². The van der Waals surface area contributed by atoms with Gasteiger partial charge < -0.3 is 89.1 Å². The molecule has 1 aliphatic carbocycles. The van der Waals surface area contributed by atoms with Crippen molar-refractivity contribution < 1.29 is 117 Å². The van der Waals surface area contributed by atoms with Gasteiger partial charge in [-0.05, 0) is 19.3 Å². The molecule has 18 unspecified atom stereocenters. The molecule has 3 aliphatic rings. The van der Waals surface area contributed by atoms with Gasteiger partial charge >= 0.3 is 25.7 Å². The summed E-state index contributed by atoms with van der Waals surface area (Å²) in [6.07, 6.45) is 11.6. The maximum absolute atomic E-state index is 14.3. The third kappa shape index (κ3) is 37.8. The molecule has 0 aromatic heterocycles. The van der Waals surface area contributed by atoms with E-state index in [1.807, 2.05) is 0 Å². The fraction of sp³-hybridized carbons (Fsp3) is 0.958. The lowest BCUT2D eigenvalue weighted by atomic mass is 9.84. The van der Waals surface area contributed by atoms with Crippen molar-refractivity contribution in [1.82, 2.24) is 0 Å². The highest BCUT2D eigenvalue weighted by Gasteiger charge is 2.58. The molecule has 18 atom stereocenters. The average Bonchev–Trinajstić information content (AvgIpc) is 0.763. The third-order valence-corrected chi connectivity index (χ3v) is 20.1. The van der Waals surface area contributed by atoms with Crippen molar-refractivity contribution in [2.75, 3.05) is 26.4 Å². The lowest BCUT2D eigenvalue weighted by Gasteiger charge is -2.49. The zero-order valence-electron chi connectivity index (χ0n) is 59.6. The highest BCUT2D eigenvalue weighted by molar-refractivity contribution is 7.47. The standard InChI is InChI=1S/C72H135O24P/c1-4-7-10-13-16-19-22-25-28-31-34-37-40-43-46-56(74)88-50-53(91-58(76)48-45-42-39-36-33-30-27-24-21-18-15-12-9-6-3)51-90-97(86,87)96-70-68(94-71-66(84)61(79)59(77)54(49-73)92-71)64(82)63(81)65(83)69(70)95-72-67(85)62(80)60(78)55(93-72)52-89-57(75)47-44-41-38-35-32-29-26-23-20-17-14-11-8-5-2/h53-55,59-73,77-85H,4-52H2,1-3H3,(H,86,87). The number of carbonyl (C=O) groups excluding carboxylic acids is 3. The van der Waals surface area contributed by atoms with Crippen LogP contribution in [0.2, 0.25) is 0 Å². The van der Waals surface area contributed by atoms with Gasteiger partial charge in [0.15, 0.2) is 18.7 Å². The highest BCUT2D eigenvalue weighted by atomic mass is 31.2. The second kappa shape index (κ2) is 54.6. The average molecular weight is 1420 g/mol. The Morgan fingerprint density at radius 1 is 0.361 bits per heavy atom. The Morgan fingerprint density at radius 3 is 1.01 bits per heavy atom. The molecule has 3 rings (SSSR count). The number of hydrogen-bond acceptors (Lipinski definition) is 23. The van der Waals surface area contributed by atoms with Crippen molar-refractivity contribution in [2.24, 2.45) is 0 Å². The quantitative estimate of drug-likeness (QED) is 0.0117. The minimum Gasteiger partial charge on any atom is -0.463 e. The fourth-order valence-electron chi connectivity index (χ4n) is 12.9. The van der Waals surface area contributed by atoms with Crippen LogP contribution in [0, 0.1) is 0 Å². The number of phosphoric ester groups is 1. The van der Waals surface area contributed by atoms with E-state index in [1.165, 1.54) is 161 Å². The molecule has 0 aromatic carbocycles. The number of esters is 3. The number of unbranched alkanes of at least 4 members (excludes halogenated alkanes) is 39. The Labute approximate surface area is 580 Å². The van der Waals surface area contributed by atoms with E-state index in [2.05, 4.69) is 20.8 Å². The molecule has 572 valence electrons. The SMILES string of the molecule is CCCCCCCCCCCCCCCCC(=O)OCC(COP(=O)(O)OC1C(OC2OC(CO)C(O)C(O)C2O)C(O)C(O)C(O)C1OC1OC(COC(=O)CCCCCCCCCCCCCCCC)C(O)C(O)C1O)OC(=O)CCCCCCCCCCCCCCCC. The van der Waals surface area contributed by atoms with E-state index in [0.717, 1.165) is 89.9 Å². The molecule has 2 aliphatic heterocycles. The first kappa shape index (κ1) is 89.2. The number of phosphoric acid groups is 1. The summed E-state index contributed by atoms with van der Waals surface area (Å²) in [5, 5.41) is 110. The topological polar surface area (TPSA) is 374 Å². The Bertz CT molecular complexity index is 2010. The first-order valence-corrected chi connectivity index (χ1v) is 39.8. The maximum Gasteiger partial charge on any atom is 0.472 e. The molecule has 0 radical (unpaired) electrons. The molecular formula is C72H135O24P. The molecule has 2 heterocycles. The largest absolute Gasteiger partial charge is 0.472 e. The number of ether oxygens (including phenoxy) is 7. The second-order valence-corrected chi connectivity index (χ2v) is 29.1. The van der Waals surface area contributed by atoms with Crippen molar-refractivity contribution in [3.8, 4) is 0 Å². The summed E-state index contributed by atoms with van der Waals surface area (Å²) in [5.41, 5.74) is 0. The molecule has 3 fully saturated rings. The summed E-state index contributed by atoms with van der Waals surface area (Å²) in [5.74, 6) is -1.97. The Hall–Kier alpha value is -2.04. The van der Waals surface area contributed by atoms with Crippen LogP contribution in [0.15, 0.2) is 0 Å². The molecular weight excluding hydrogens is 1280 g/mol. The molecule has 2 saturated heterocycles. The van der Waals surface area contributed by atoms with E-state index < -0.39 is 156 Å². The van der Waals surface area contributed by atoms with Gasteiger partial charge in [-0.1, -0.05) is 271 Å². The monoisotopic (exact) mass is 1410 g/mol. The van der Waals surface area contributed by atoms with Gasteiger partial charge in [-0.2, -0.15) is 0 Å². The zero-order valence-corrected chi connectivity index (χ0v) is 60.5. The van der Waals surface area contributed by atoms with Crippen molar-refractivity contribution in [3.63, 3.8) is 0 Å². The molecule has 97 heavy (non-hydrogen) atoms. The summed E-state index contributed by atoms with van der Waals surface area (Å²) < 4.78 is 65.1. The minimum absolute atomic E-state index is 0.0331. The molecule has 11 N–H and O–H groups in total. The molecule has 0 spiro atoms. The van der Waals surface area contributed by atoms with E-state index in [-0.39, 0.29) is 19.3 Å². The van der Waals surface area contributed by atoms with Crippen LogP contribution >= 0.6 is 7.82 Å². The first-order valence-electron chi connectivity index (χ1n) is 38.3. The Balaban J connectivity index is 1.73. The van der Waals surface area contributed by atoms with Gasteiger partial charge in [-0.15, -0.1) is 0 Å². The Morgan fingerprint density at radius 2 is 0.660 bits per heavy atom. The lowest BCUT2D eigenvalue weighted by Crippen LogP contribution is -2.69. The Kier molecular flexibility index (Phi) is 50.2. The van der Waals surface area contributed by atoms with Gasteiger partial charge in [0.05, 0.1) is 13.2 Å². The van der Waals surface area contributed by atoms with Gasteiger partial charge in [0.2, 0.25) is 0 Å². The molecule has 24 nitrogen and oxygen atoms in total. The van der Waals surface area contributed by atoms with Crippen LogP contribution < -0.4 is 0 Å². The summed E-state index contributed by atoms with van der Waals surface area (Å²) in [4.78, 5) is 51.0. The number of aliphatic hydroxyl groups excluding tert-OH is 10. The number of rotatable bonds is 60. The number of hydrogen-bond donors (Lipinski definition) is 11. The van der Waals surface area contributed by atoms with Crippen LogP contribution in [-0.2, 0) is 61.2 Å². The minimum atomic E-state index is -5.69. The van der Waals surface area contributed by atoms with Crippen LogP contribution in [0.3, 0.4) is 0 Å². The summed E-state index contributed by atoms with van der Waals surface area (Å²) >= 11 is 0. The van der Waals surface area contributed by atoms with Crippen molar-refractivity contribution in [1.29, 1.82) is 0 Å². The summed E-state index contributed by atoms with van der Waals surface area (Å²) in [6.45, 7) is 3.47. The number of carbonyl (C=O) groups is 3. The number of aliphatic hydroxyl groups is 10. The highest BCUT2D eigenvalue weighted by Crippen LogP contribution is 2.49. The smallest absolute Gasteiger partial charge is 0.463 e. The van der Waals surface area contributed by atoms with Crippen molar-refractivity contribution >= 4 is 25.7 Å². The van der Waals surface area contributed by atoms with E-state index in [0.29, 0.717) is 19.3 Å². The molecule has 0 aromatic rings. The summed E-state index contributed by atoms with van der Waals surface area (Å²) in [6, 6.07) is 0. The second-order valence-electron chi connectivity index (χ2n) is 27.7. The van der Waals surface area contributed by atoms with Gasteiger partial charge in [-0.25, -0.2) is 4.57 Å². The normalized spacial score (nSPS) is 27.7. The lowest BCUT2D eigenvalue weighted by molar-refractivity contribution is -0.360. The van der Waals surface area contributed by atoms with E-state index >= 15 is 0 Å². The van der Waals surface area contributed by atoms with Crippen LogP contribution in [0.4, 0.5) is 0 Å². The molecule has 1 saturated carbocycles. The molecule has 0 bridgehead atoms. The van der Waals surface area contributed by atoms with Crippen LogP contribution in [-0.4, -0.2) is 204 Å². The van der Waals surface area contributed by atoms with Crippen molar-refractivity contribution in [3.05, 3.63) is 0 Å². The van der Waals surface area contributed by atoms with Gasteiger partial charge in [-0.3, -0.25) is 23.4 Å². The maximum atomic E-state index is 14.3. The molecule has 0 amide bonds.